The highest BCUT2D eigenvalue weighted by atomic mass is 16.5. The van der Waals surface area contributed by atoms with E-state index in [1.54, 1.807) is 0 Å². The number of nitrogens with zero attached hydrogens (tertiary/aromatic N) is 1. The van der Waals surface area contributed by atoms with E-state index in [9.17, 15) is 0 Å². The maximum absolute atomic E-state index is 5.77. The molecule has 0 aromatic carbocycles. The van der Waals surface area contributed by atoms with Gasteiger partial charge in [0.25, 0.3) is 0 Å². The molecule has 3 unspecified atom stereocenters. The molecule has 2 aliphatic heterocycles. The number of ether oxygens (including phenoxy) is 1. The van der Waals surface area contributed by atoms with E-state index < -0.39 is 0 Å². The molecule has 0 aliphatic carbocycles. The van der Waals surface area contributed by atoms with Gasteiger partial charge in [0, 0.05) is 31.8 Å². The van der Waals surface area contributed by atoms with E-state index in [2.05, 4.69) is 11.8 Å². The summed E-state index contributed by atoms with van der Waals surface area (Å²) in [5.74, 6) is 0.726. The van der Waals surface area contributed by atoms with Crippen LogP contribution in [0.25, 0.3) is 0 Å². The van der Waals surface area contributed by atoms with Gasteiger partial charge in [-0.25, -0.2) is 0 Å². The number of likely N-dealkylation sites (tertiary alicyclic amines) is 1. The molecule has 0 saturated carbocycles. The zero-order chi connectivity index (χ0) is 10.7. The van der Waals surface area contributed by atoms with Crippen molar-refractivity contribution in [3.05, 3.63) is 0 Å². The second-order valence-electron chi connectivity index (χ2n) is 5.08. The molecule has 2 heterocycles. The zero-order valence-electron chi connectivity index (χ0n) is 9.82. The van der Waals surface area contributed by atoms with Crippen molar-refractivity contribution >= 4 is 0 Å². The lowest BCUT2D eigenvalue weighted by Gasteiger charge is -2.30. The Balaban J connectivity index is 1.91. The average Bonchev–Trinajstić information content (AvgIpc) is 2.48. The smallest absolute Gasteiger partial charge is 0.0480 e. The molecule has 2 aliphatic rings. The number of nitrogens with two attached hydrogens (primary N) is 1. The van der Waals surface area contributed by atoms with E-state index >= 15 is 0 Å². The summed E-state index contributed by atoms with van der Waals surface area (Å²) >= 11 is 0. The Hall–Kier alpha value is -0.120. The number of rotatable bonds is 2. The van der Waals surface area contributed by atoms with Crippen LogP contribution in [0.15, 0.2) is 0 Å². The van der Waals surface area contributed by atoms with Gasteiger partial charge in [-0.3, -0.25) is 4.90 Å². The molecular formula is C12H24N2O. The fourth-order valence-electron chi connectivity index (χ4n) is 3.07. The monoisotopic (exact) mass is 212 g/mol. The highest BCUT2D eigenvalue weighted by Crippen LogP contribution is 2.28. The largest absolute Gasteiger partial charge is 0.381 e. The van der Waals surface area contributed by atoms with Crippen LogP contribution in [0, 0.1) is 5.92 Å². The molecule has 0 aromatic rings. The lowest BCUT2D eigenvalue weighted by Crippen LogP contribution is -2.38. The van der Waals surface area contributed by atoms with E-state index in [1.807, 2.05) is 0 Å². The minimum Gasteiger partial charge on any atom is -0.381 e. The Morgan fingerprint density at radius 2 is 2.20 bits per heavy atom. The fourth-order valence-corrected chi connectivity index (χ4v) is 3.07. The van der Waals surface area contributed by atoms with Crippen LogP contribution >= 0.6 is 0 Å². The third-order valence-electron chi connectivity index (χ3n) is 3.93. The number of hydrogen-bond donors (Lipinski definition) is 1. The molecule has 2 saturated heterocycles. The average molecular weight is 212 g/mol. The standard InChI is InChI=1S/C12H24N2O/c1-10-7-11(8-13)9-14(10)12-3-2-5-15-6-4-12/h10-12H,2-9,13H2,1H3. The summed E-state index contributed by atoms with van der Waals surface area (Å²) in [6, 6.07) is 1.47. The minimum atomic E-state index is 0.724. The molecule has 0 radical (unpaired) electrons. The van der Waals surface area contributed by atoms with Crippen LogP contribution in [-0.4, -0.2) is 43.3 Å². The molecule has 0 spiro atoms. The first-order chi connectivity index (χ1) is 7.31. The molecule has 2 fully saturated rings. The van der Waals surface area contributed by atoms with Gasteiger partial charge in [-0.2, -0.15) is 0 Å². The van der Waals surface area contributed by atoms with Crippen LogP contribution in [0.2, 0.25) is 0 Å². The molecule has 3 nitrogen and oxygen atoms in total. The normalized spacial score (nSPS) is 39.2. The van der Waals surface area contributed by atoms with E-state index in [-0.39, 0.29) is 0 Å². The Labute approximate surface area is 93.0 Å². The van der Waals surface area contributed by atoms with E-state index in [0.29, 0.717) is 0 Å². The molecule has 0 amide bonds. The number of hydrogen-bond acceptors (Lipinski definition) is 3. The Morgan fingerprint density at radius 3 is 2.93 bits per heavy atom. The summed E-state index contributed by atoms with van der Waals surface area (Å²) in [6.07, 6.45) is 5.03. The molecule has 0 aromatic heterocycles. The second-order valence-corrected chi connectivity index (χ2v) is 5.08. The summed E-state index contributed by atoms with van der Waals surface area (Å²) in [6.45, 7) is 6.31. The van der Waals surface area contributed by atoms with E-state index in [0.717, 1.165) is 37.8 Å². The Bertz CT molecular complexity index is 190. The molecule has 88 valence electrons. The lowest BCUT2D eigenvalue weighted by molar-refractivity contribution is 0.126. The molecule has 15 heavy (non-hydrogen) atoms. The SMILES string of the molecule is CC1CC(CN)CN1C1CCCOCC1. The Morgan fingerprint density at radius 1 is 1.33 bits per heavy atom. The highest BCUT2D eigenvalue weighted by molar-refractivity contribution is 4.88. The van der Waals surface area contributed by atoms with Gasteiger partial charge in [-0.05, 0) is 45.1 Å². The second kappa shape index (κ2) is 5.28. The summed E-state index contributed by atoms with van der Waals surface area (Å²) < 4.78 is 5.52. The molecular weight excluding hydrogens is 188 g/mol. The van der Waals surface area contributed by atoms with Crippen LogP contribution in [-0.2, 0) is 4.74 Å². The van der Waals surface area contributed by atoms with Gasteiger partial charge >= 0.3 is 0 Å². The first-order valence-corrected chi connectivity index (χ1v) is 6.35. The van der Waals surface area contributed by atoms with Crippen LogP contribution in [0.3, 0.4) is 0 Å². The van der Waals surface area contributed by atoms with Gasteiger partial charge in [0.1, 0.15) is 0 Å². The summed E-state index contributed by atoms with van der Waals surface area (Å²) in [4.78, 5) is 2.67. The van der Waals surface area contributed by atoms with Crippen molar-refractivity contribution in [2.24, 2.45) is 11.7 Å². The predicted octanol–water partition coefficient (Wildman–Crippen LogP) is 1.22. The molecule has 3 heteroatoms. The van der Waals surface area contributed by atoms with Crippen LogP contribution < -0.4 is 5.73 Å². The van der Waals surface area contributed by atoms with Gasteiger partial charge in [-0.1, -0.05) is 0 Å². The summed E-state index contributed by atoms with van der Waals surface area (Å²) in [7, 11) is 0. The molecule has 2 N–H and O–H groups in total. The maximum atomic E-state index is 5.77. The van der Waals surface area contributed by atoms with E-state index in [1.165, 1.54) is 32.2 Å². The van der Waals surface area contributed by atoms with Crippen molar-refractivity contribution in [2.75, 3.05) is 26.3 Å². The maximum Gasteiger partial charge on any atom is 0.0480 e. The summed E-state index contributed by atoms with van der Waals surface area (Å²) in [5.41, 5.74) is 5.77. The predicted molar refractivity (Wildman–Crippen MR) is 61.8 cm³/mol. The van der Waals surface area contributed by atoms with Gasteiger partial charge in [-0.15, -0.1) is 0 Å². The quantitative estimate of drug-likeness (QED) is 0.748. The topological polar surface area (TPSA) is 38.5 Å². The van der Waals surface area contributed by atoms with Gasteiger partial charge in [0.15, 0.2) is 0 Å². The molecule has 2 rings (SSSR count). The van der Waals surface area contributed by atoms with Crippen molar-refractivity contribution in [3.8, 4) is 0 Å². The van der Waals surface area contributed by atoms with Gasteiger partial charge in [0.2, 0.25) is 0 Å². The van der Waals surface area contributed by atoms with Gasteiger partial charge < -0.3 is 10.5 Å². The Kier molecular flexibility index (Phi) is 4.00. The van der Waals surface area contributed by atoms with Crippen LogP contribution in [0.4, 0.5) is 0 Å². The van der Waals surface area contributed by atoms with Gasteiger partial charge in [0.05, 0.1) is 0 Å². The van der Waals surface area contributed by atoms with Crippen molar-refractivity contribution < 1.29 is 4.74 Å². The first kappa shape index (κ1) is 11.4. The minimum absolute atomic E-state index is 0.724. The van der Waals surface area contributed by atoms with Crippen molar-refractivity contribution in [1.29, 1.82) is 0 Å². The summed E-state index contributed by atoms with van der Waals surface area (Å²) in [5, 5.41) is 0. The lowest BCUT2D eigenvalue weighted by atomic mass is 10.1. The van der Waals surface area contributed by atoms with Crippen molar-refractivity contribution in [3.63, 3.8) is 0 Å². The zero-order valence-corrected chi connectivity index (χ0v) is 9.82. The van der Waals surface area contributed by atoms with Crippen molar-refractivity contribution in [2.45, 2.75) is 44.7 Å². The third kappa shape index (κ3) is 2.71. The van der Waals surface area contributed by atoms with Crippen LogP contribution in [0.5, 0.6) is 0 Å². The fraction of sp³-hybridized carbons (Fsp3) is 1.00. The van der Waals surface area contributed by atoms with Crippen molar-refractivity contribution in [1.82, 2.24) is 4.90 Å². The molecule has 0 bridgehead atoms. The highest BCUT2D eigenvalue weighted by Gasteiger charge is 2.33. The van der Waals surface area contributed by atoms with Crippen LogP contribution in [0.1, 0.15) is 32.6 Å². The van der Waals surface area contributed by atoms with E-state index in [4.69, 9.17) is 10.5 Å². The molecule has 3 atom stereocenters. The first-order valence-electron chi connectivity index (χ1n) is 6.35. The third-order valence-corrected chi connectivity index (χ3v) is 3.93.